The smallest absolute Gasteiger partial charge is 0.222 e. The van der Waals surface area contributed by atoms with Crippen molar-refractivity contribution in [3.05, 3.63) is 45.8 Å². The van der Waals surface area contributed by atoms with Crippen molar-refractivity contribution in [1.29, 1.82) is 5.26 Å². The molecule has 6 heteroatoms. The van der Waals surface area contributed by atoms with Crippen molar-refractivity contribution in [2.75, 3.05) is 24.5 Å². The second-order valence-corrected chi connectivity index (χ2v) is 8.49. The van der Waals surface area contributed by atoms with E-state index in [1.54, 1.807) is 11.3 Å². The third kappa shape index (κ3) is 3.70. The number of nitrogens with zero attached hydrogens (tertiary/aromatic N) is 4. The average molecular weight is 381 g/mol. The number of pyridine rings is 1. The largest absolute Gasteiger partial charge is 0.355 e. The van der Waals surface area contributed by atoms with Crippen LogP contribution in [0.25, 0.3) is 0 Å². The summed E-state index contributed by atoms with van der Waals surface area (Å²) in [5.74, 6) is 1.55. The van der Waals surface area contributed by atoms with E-state index in [0.29, 0.717) is 29.9 Å². The summed E-state index contributed by atoms with van der Waals surface area (Å²) in [5, 5.41) is 11.5. The van der Waals surface area contributed by atoms with E-state index >= 15 is 0 Å². The predicted octanol–water partition coefficient (Wildman–Crippen LogP) is 3.38. The van der Waals surface area contributed by atoms with Gasteiger partial charge in [0.25, 0.3) is 0 Å². The molecule has 0 saturated carbocycles. The van der Waals surface area contributed by atoms with Crippen LogP contribution in [0.3, 0.4) is 0 Å². The Morgan fingerprint density at radius 1 is 1.33 bits per heavy atom. The van der Waals surface area contributed by atoms with E-state index in [-0.39, 0.29) is 0 Å². The van der Waals surface area contributed by atoms with E-state index in [9.17, 15) is 10.1 Å². The third-order valence-electron chi connectivity index (χ3n) is 5.76. The Hall–Kier alpha value is -2.39. The zero-order chi connectivity index (χ0) is 18.8. The molecule has 2 fully saturated rings. The number of carbonyl (C=O) groups is 1. The number of fused-ring (bicyclic) bond motifs is 1. The number of piperidine rings is 2. The van der Waals surface area contributed by atoms with Gasteiger partial charge in [-0.25, -0.2) is 4.98 Å². The van der Waals surface area contributed by atoms with Crippen LogP contribution >= 0.6 is 11.3 Å². The number of carbonyl (C=O) groups excluding carboxylic acids is 1. The second kappa shape index (κ2) is 7.69. The molecule has 0 unspecified atom stereocenters. The van der Waals surface area contributed by atoms with Crippen molar-refractivity contribution < 1.29 is 4.79 Å². The van der Waals surface area contributed by atoms with Gasteiger partial charge in [-0.2, -0.15) is 5.26 Å². The Balaban J connectivity index is 1.48. The van der Waals surface area contributed by atoms with Crippen molar-refractivity contribution in [3.8, 4) is 6.07 Å². The van der Waals surface area contributed by atoms with Gasteiger partial charge in [0.15, 0.2) is 0 Å². The lowest BCUT2D eigenvalue weighted by Gasteiger charge is -2.47. The molecule has 2 aromatic rings. The number of rotatable bonds is 4. The number of nitriles is 1. The summed E-state index contributed by atoms with van der Waals surface area (Å²) in [5.41, 5.74) is 1.57. The third-order valence-corrected chi connectivity index (χ3v) is 6.69. The normalized spacial score (nSPS) is 22.4. The van der Waals surface area contributed by atoms with Crippen molar-refractivity contribution in [2.45, 2.75) is 38.6 Å². The lowest BCUT2D eigenvalue weighted by molar-refractivity contribution is -0.139. The Morgan fingerprint density at radius 3 is 3.00 bits per heavy atom. The minimum absolute atomic E-state index is 0.299. The Labute approximate surface area is 164 Å². The molecule has 5 nitrogen and oxygen atoms in total. The highest BCUT2D eigenvalue weighted by Crippen LogP contribution is 2.34. The van der Waals surface area contributed by atoms with Crippen LogP contribution in [0.15, 0.2) is 29.6 Å². The van der Waals surface area contributed by atoms with E-state index in [2.05, 4.69) is 38.4 Å². The first-order chi connectivity index (χ1) is 13.2. The average Bonchev–Trinajstić information content (AvgIpc) is 3.20. The maximum atomic E-state index is 12.6. The van der Waals surface area contributed by atoms with Crippen LogP contribution in [0.4, 0.5) is 5.82 Å². The highest BCUT2D eigenvalue weighted by molar-refractivity contribution is 7.09. The van der Waals surface area contributed by atoms with Gasteiger partial charge in [-0.05, 0) is 55.7 Å². The molecule has 0 aromatic carbocycles. The van der Waals surface area contributed by atoms with Crippen molar-refractivity contribution >= 4 is 23.1 Å². The van der Waals surface area contributed by atoms with E-state index in [0.717, 1.165) is 50.4 Å². The van der Waals surface area contributed by atoms with Crippen molar-refractivity contribution in [3.63, 3.8) is 0 Å². The molecule has 0 aliphatic carbocycles. The van der Waals surface area contributed by atoms with E-state index in [4.69, 9.17) is 0 Å². The first-order valence-corrected chi connectivity index (χ1v) is 10.5. The van der Waals surface area contributed by atoms with Gasteiger partial charge in [0.1, 0.15) is 11.9 Å². The number of likely N-dealkylation sites (tertiary alicyclic amines) is 1. The molecule has 0 spiro atoms. The molecule has 1 amide bonds. The van der Waals surface area contributed by atoms with Crippen LogP contribution in [-0.2, 0) is 11.2 Å². The van der Waals surface area contributed by atoms with Gasteiger partial charge in [0.05, 0.1) is 5.56 Å². The van der Waals surface area contributed by atoms with Gasteiger partial charge < -0.3 is 9.80 Å². The first kappa shape index (κ1) is 18.0. The summed E-state index contributed by atoms with van der Waals surface area (Å²) in [6.07, 6.45) is 3.45. The van der Waals surface area contributed by atoms with Crippen molar-refractivity contribution in [1.82, 2.24) is 9.88 Å². The Morgan fingerprint density at radius 2 is 2.22 bits per heavy atom. The molecule has 140 valence electrons. The molecule has 2 aliphatic rings. The molecule has 4 rings (SSSR count). The fourth-order valence-electron chi connectivity index (χ4n) is 4.39. The highest BCUT2D eigenvalue weighted by Gasteiger charge is 2.39. The monoisotopic (exact) mass is 380 g/mol. The molecule has 2 aliphatic heterocycles. The zero-order valence-electron chi connectivity index (χ0n) is 15.6. The highest BCUT2D eigenvalue weighted by atomic mass is 32.1. The molecule has 2 aromatic heterocycles. The number of thiophene rings is 1. The molecule has 0 N–H and O–H groups in total. The van der Waals surface area contributed by atoms with Crippen LogP contribution in [0, 0.1) is 24.2 Å². The summed E-state index contributed by atoms with van der Waals surface area (Å²) in [6.45, 7) is 4.49. The quantitative estimate of drug-likeness (QED) is 0.816. The zero-order valence-corrected chi connectivity index (χ0v) is 16.4. The minimum Gasteiger partial charge on any atom is -0.355 e. The Bertz CT molecular complexity index is 858. The fraction of sp³-hybridized carbons (Fsp3) is 0.476. The van der Waals surface area contributed by atoms with Gasteiger partial charge in [0, 0.05) is 42.7 Å². The van der Waals surface area contributed by atoms with E-state index in [1.807, 2.05) is 19.1 Å². The number of aromatic nitrogens is 1. The van der Waals surface area contributed by atoms with Crippen molar-refractivity contribution in [2.24, 2.45) is 5.92 Å². The van der Waals surface area contributed by atoms with Gasteiger partial charge in [-0.1, -0.05) is 6.07 Å². The van der Waals surface area contributed by atoms with Gasteiger partial charge in [0.2, 0.25) is 5.91 Å². The molecular weight excluding hydrogens is 356 g/mol. The SMILES string of the molecule is Cc1ccc(C#N)c(N2CC[C@@H]3[C@@H](CCC(=O)N3CCc3cccs3)C2)n1. The maximum absolute atomic E-state index is 12.6. The van der Waals surface area contributed by atoms with Crippen LogP contribution in [0.2, 0.25) is 0 Å². The molecule has 2 saturated heterocycles. The number of amides is 1. The number of anilines is 1. The van der Waals surface area contributed by atoms with E-state index in [1.165, 1.54) is 4.88 Å². The molecule has 27 heavy (non-hydrogen) atoms. The van der Waals surface area contributed by atoms with E-state index < -0.39 is 0 Å². The number of hydrogen-bond donors (Lipinski definition) is 0. The van der Waals surface area contributed by atoms with Gasteiger partial charge in [-0.15, -0.1) is 11.3 Å². The molecule has 0 radical (unpaired) electrons. The van der Waals surface area contributed by atoms with Crippen LogP contribution in [0.5, 0.6) is 0 Å². The molecular formula is C21H24N4OS. The van der Waals surface area contributed by atoms with Gasteiger partial charge >= 0.3 is 0 Å². The molecule has 0 bridgehead atoms. The van der Waals surface area contributed by atoms with Crippen LogP contribution < -0.4 is 4.90 Å². The topological polar surface area (TPSA) is 60.2 Å². The van der Waals surface area contributed by atoms with Crippen LogP contribution in [0.1, 0.15) is 35.4 Å². The fourth-order valence-corrected chi connectivity index (χ4v) is 5.09. The summed E-state index contributed by atoms with van der Waals surface area (Å²) < 4.78 is 0. The maximum Gasteiger partial charge on any atom is 0.222 e. The summed E-state index contributed by atoms with van der Waals surface area (Å²) >= 11 is 1.76. The molecule has 2 atom stereocenters. The predicted molar refractivity (Wildman–Crippen MR) is 107 cm³/mol. The lowest BCUT2D eigenvalue weighted by atomic mass is 9.83. The summed E-state index contributed by atoms with van der Waals surface area (Å²) in [4.78, 5) is 22.9. The molecule has 4 heterocycles. The standard InChI is InChI=1S/C21H24N4OS/c1-15-4-5-16(13-22)21(23-15)24-10-9-19-17(14-24)6-7-20(26)25(19)11-8-18-3-2-12-27-18/h2-5,12,17,19H,6-11,14H2,1H3/t17-,19+/m0/s1. The first-order valence-electron chi connectivity index (χ1n) is 9.60. The second-order valence-electron chi connectivity index (χ2n) is 7.45. The number of aryl methyl sites for hydroxylation is 1. The minimum atomic E-state index is 0.299. The summed E-state index contributed by atoms with van der Waals surface area (Å²) in [6, 6.07) is 10.6. The van der Waals surface area contributed by atoms with Crippen LogP contribution in [-0.4, -0.2) is 41.5 Å². The number of hydrogen-bond acceptors (Lipinski definition) is 5. The summed E-state index contributed by atoms with van der Waals surface area (Å²) in [7, 11) is 0. The lowest BCUT2D eigenvalue weighted by Crippen LogP contribution is -2.56. The Kier molecular flexibility index (Phi) is 5.13. The van der Waals surface area contributed by atoms with Gasteiger partial charge in [-0.3, -0.25) is 4.79 Å².